The number of benzene rings is 1. The van der Waals surface area contributed by atoms with Gasteiger partial charge in [-0.1, -0.05) is 11.6 Å². The van der Waals surface area contributed by atoms with Gasteiger partial charge in [-0.3, -0.25) is 9.48 Å². The van der Waals surface area contributed by atoms with Crippen LogP contribution in [0.1, 0.15) is 10.4 Å². The maximum Gasteiger partial charge on any atom is 0.261 e. The molecule has 1 N–H and O–H groups in total. The van der Waals surface area contributed by atoms with E-state index in [1.54, 1.807) is 24.1 Å². The summed E-state index contributed by atoms with van der Waals surface area (Å²) in [5.74, 6) is 0.179. The first-order valence-electron chi connectivity index (χ1n) is 7.37. The monoisotopic (exact) mass is 356 g/mol. The predicted molar refractivity (Wildman–Crippen MR) is 93.2 cm³/mol. The lowest BCUT2D eigenvalue weighted by Gasteiger charge is -2.09. The number of hydrogen-bond acceptors (Lipinski definition) is 5. The van der Waals surface area contributed by atoms with Crippen LogP contribution < -0.4 is 10.1 Å². The van der Waals surface area contributed by atoms with Crippen LogP contribution in [0.5, 0.6) is 5.75 Å². The summed E-state index contributed by atoms with van der Waals surface area (Å²) in [6.07, 6.45) is 6.37. The lowest BCUT2D eigenvalue weighted by Crippen LogP contribution is -2.12. The summed E-state index contributed by atoms with van der Waals surface area (Å²) in [7, 11) is 3.37. The summed E-state index contributed by atoms with van der Waals surface area (Å²) in [6, 6.07) is 3.59. The molecule has 0 saturated heterocycles. The number of carbonyl (C=O) groups excluding carboxylic acids is 1. The molecule has 0 radical (unpaired) electrons. The van der Waals surface area contributed by atoms with Crippen LogP contribution in [0, 0.1) is 0 Å². The highest BCUT2D eigenvalue weighted by atomic mass is 35.5. The Bertz CT molecular complexity index is 1120. The second-order valence-electron chi connectivity index (χ2n) is 5.47. The van der Waals surface area contributed by atoms with Crippen molar-refractivity contribution < 1.29 is 9.53 Å². The van der Waals surface area contributed by atoms with Crippen LogP contribution in [0.3, 0.4) is 0 Å². The van der Waals surface area contributed by atoms with E-state index in [0.29, 0.717) is 27.7 Å². The van der Waals surface area contributed by atoms with Gasteiger partial charge < -0.3 is 10.1 Å². The average Bonchev–Trinajstić information content (AvgIpc) is 3.15. The molecule has 0 bridgehead atoms. The Hall–Kier alpha value is -3.13. The van der Waals surface area contributed by atoms with Gasteiger partial charge in [0.1, 0.15) is 11.3 Å². The van der Waals surface area contributed by atoms with Crippen LogP contribution in [-0.2, 0) is 7.05 Å². The number of nitrogens with one attached hydrogen (secondary N) is 1. The maximum atomic E-state index is 12.7. The highest BCUT2D eigenvalue weighted by molar-refractivity contribution is 6.30. The van der Waals surface area contributed by atoms with E-state index < -0.39 is 0 Å². The fourth-order valence-corrected chi connectivity index (χ4v) is 2.79. The smallest absolute Gasteiger partial charge is 0.261 e. The fourth-order valence-electron chi connectivity index (χ4n) is 2.64. The van der Waals surface area contributed by atoms with Gasteiger partial charge in [-0.15, -0.1) is 0 Å². The van der Waals surface area contributed by atoms with Crippen molar-refractivity contribution in [1.82, 2.24) is 24.4 Å². The first kappa shape index (κ1) is 15.4. The summed E-state index contributed by atoms with van der Waals surface area (Å²) in [5.41, 5.74) is 2.08. The molecule has 3 aromatic heterocycles. The third kappa shape index (κ3) is 2.66. The number of nitrogens with zero attached hydrogens (tertiary/aromatic N) is 5. The van der Waals surface area contributed by atoms with E-state index in [4.69, 9.17) is 16.3 Å². The van der Waals surface area contributed by atoms with Gasteiger partial charge in [-0.25, -0.2) is 9.50 Å². The largest absolute Gasteiger partial charge is 0.494 e. The van der Waals surface area contributed by atoms with Gasteiger partial charge >= 0.3 is 0 Å². The molecule has 126 valence electrons. The molecule has 1 aromatic carbocycles. The molecule has 0 atom stereocenters. The van der Waals surface area contributed by atoms with Crippen molar-refractivity contribution in [2.75, 3.05) is 12.4 Å². The Morgan fingerprint density at radius 1 is 1.28 bits per heavy atom. The highest BCUT2D eigenvalue weighted by Crippen LogP contribution is 2.30. The fraction of sp³-hybridized carbons (Fsp3) is 0.125. The Kier molecular flexibility index (Phi) is 3.54. The number of methoxy groups -OCH3 is 1. The molecule has 4 rings (SSSR count). The van der Waals surface area contributed by atoms with Gasteiger partial charge in [0.15, 0.2) is 5.65 Å². The zero-order valence-electron chi connectivity index (χ0n) is 13.4. The summed E-state index contributed by atoms with van der Waals surface area (Å²) in [5, 5.41) is 12.6. The van der Waals surface area contributed by atoms with Gasteiger partial charge in [0.2, 0.25) is 0 Å². The van der Waals surface area contributed by atoms with Gasteiger partial charge in [-0.2, -0.15) is 10.2 Å². The van der Waals surface area contributed by atoms with Crippen molar-refractivity contribution in [3.8, 4) is 5.75 Å². The van der Waals surface area contributed by atoms with Crippen LogP contribution in [0.15, 0.2) is 36.9 Å². The standard InChI is InChI=1S/C16H13ClN6O2/c1-22-7-9-3-13(14(25-2)4-12(9)21-22)20-16(24)11-6-19-23-8-10(17)5-18-15(11)23/h3-8H,1-2H3,(H,20,24). The summed E-state index contributed by atoms with van der Waals surface area (Å²) < 4.78 is 8.53. The second kappa shape index (κ2) is 5.75. The van der Waals surface area contributed by atoms with Crippen LogP contribution in [-0.4, -0.2) is 37.4 Å². The lowest BCUT2D eigenvalue weighted by atomic mass is 10.2. The number of fused-ring (bicyclic) bond motifs is 2. The number of ether oxygens (including phenoxy) is 1. The first-order chi connectivity index (χ1) is 12.0. The lowest BCUT2D eigenvalue weighted by molar-refractivity contribution is 0.102. The summed E-state index contributed by atoms with van der Waals surface area (Å²) >= 11 is 5.89. The SMILES string of the molecule is COc1cc2nn(C)cc2cc1NC(=O)c1cnn2cc(Cl)cnc12. The molecule has 1 amide bonds. The van der Waals surface area contributed by atoms with Crippen LogP contribution >= 0.6 is 11.6 Å². The average molecular weight is 357 g/mol. The van der Waals surface area contributed by atoms with Gasteiger partial charge in [0.25, 0.3) is 5.91 Å². The number of aromatic nitrogens is 5. The van der Waals surface area contributed by atoms with Crippen LogP contribution in [0.2, 0.25) is 5.02 Å². The zero-order valence-corrected chi connectivity index (χ0v) is 14.2. The normalized spacial score (nSPS) is 11.2. The number of rotatable bonds is 3. The number of aryl methyl sites for hydroxylation is 1. The highest BCUT2D eigenvalue weighted by Gasteiger charge is 2.17. The number of carbonyl (C=O) groups is 1. The summed E-state index contributed by atoms with van der Waals surface area (Å²) in [6.45, 7) is 0. The molecular weight excluding hydrogens is 344 g/mol. The van der Waals surface area contributed by atoms with E-state index in [1.807, 2.05) is 19.3 Å². The van der Waals surface area contributed by atoms with Crippen molar-refractivity contribution in [1.29, 1.82) is 0 Å². The van der Waals surface area contributed by atoms with E-state index in [-0.39, 0.29) is 5.91 Å². The zero-order chi connectivity index (χ0) is 17.6. The van der Waals surface area contributed by atoms with Crippen molar-refractivity contribution >= 4 is 39.7 Å². The summed E-state index contributed by atoms with van der Waals surface area (Å²) in [4.78, 5) is 16.8. The Labute approximate surface area is 147 Å². The molecule has 0 fully saturated rings. The molecule has 25 heavy (non-hydrogen) atoms. The van der Waals surface area contributed by atoms with Crippen LogP contribution in [0.25, 0.3) is 16.6 Å². The van der Waals surface area contributed by atoms with Gasteiger partial charge in [0, 0.05) is 30.9 Å². The van der Waals surface area contributed by atoms with Crippen molar-refractivity contribution in [3.05, 3.63) is 47.5 Å². The maximum absolute atomic E-state index is 12.7. The van der Waals surface area contributed by atoms with Crippen molar-refractivity contribution in [2.24, 2.45) is 7.05 Å². The minimum atomic E-state index is -0.341. The van der Waals surface area contributed by atoms with Crippen molar-refractivity contribution in [2.45, 2.75) is 0 Å². The number of hydrogen-bond donors (Lipinski definition) is 1. The molecule has 0 saturated carbocycles. The topological polar surface area (TPSA) is 86.3 Å². The molecule has 4 aromatic rings. The third-order valence-electron chi connectivity index (χ3n) is 3.76. The number of amides is 1. The molecule has 0 spiro atoms. The Morgan fingerprint density at radius 2 is 2.12 bits per heavy atom. The Balaban J connectivity index is 1.73. The van der Waals surface area contributed by atoms with E-state index in [9.17, 15) is 4.79 Å². The van der Waals surface area contributed by atoms with E-state index in [0.717, 1.165) is 10.9 Å². The predicted octanol–water partition coefficient (Wildman–Crippen LogP) is 2.53. The van der Waals surface area contributed by atoms with E-state index in [1.165, 1.54) is 16.9 Å². The number of anilines is 1. The molecular formula is C16H13ClN6O2. The molecule has 0 unspecified atom stereocenters. The minimum absolute atomic E-state index is 0.338. The van der Waals surface area contributed by atoms with Gasteiger partial charge in [0.05, 0.1) is 35.7 Å². The first-order valence-corrected chi connectivity index (χ1v) is 7.74. The van der Waals surface area contributed by atoms with Gasteiger partial charge in [-0.05, 0) is 6.07 Å². The quantitative estimate of drug-likeness (QED) is 0.609. The Morgan fingerprint density at radius 3 is 2.92 bits per heavy atom. The third-order valence-corrected chi connectivity index (χ3v) is 3.95. The molecule has 0 aliphatic heterocycles. The van der Waals surface area contributed by atoms with Crippen LogP contribution in [0.4, 0.5) is 5.69 Å². The molecule has 0 aliphatic rings. The number of halogens is 1. The molecule has 0 aliphatic carbocycles. The molecule has 9 heteroatoms. The minimum Gasteiger partial charge on any atom is -0.494 e. The van der Waals surface area contributed by atoms with E-state index in [2.05, 4.69) is 20.5 Å². The van der Waals surface area contributed by atoms with Crippen molar-refractivity contribution in [3.63, 3.8) is 0 Å². The van der Waals surface area contributed by atoms with E-state index >= 15 is 0 Å². The molecule has 3 heterocycles. The molecule has 8 nitrogen and oxygen atoms in total. The second-order valence-corrected chi connectivity index (χ2v) is 5.90.